The first-order valence-electron chi connectivity index (χ1n) is 4.09. The van der Waals surface area contributed by atoms with Crippen LogP contribution in [0.1, 0.15) is 6.92 Å². The van der Waals surface area contributed by atoms with E-state index in [1.54, 1.807) is 6.92 Å². The Labute approximate surface area is 102 Å². The summed E-state index contributed by atoms with van der Waals surface area (Å²) in [6, 6.07) is 0. The van der Waals surface area contributed by atoms with Crippen molar-refractivity contribution in [2.45, 2.75) is 12.2 Å². The van der Waals surface area contributed by atoms with Crippen LogP contribution < -0.4 is 0 Å². The van der Waals surface area contributed by atoms with E-state index in [4.69, 9.17) is 28.1 Å². The Hall–Kier alpha value is 0.620. The highest BCUT2D eigenvalue weighted by atomic mass is 35.5. The van der Waals surface area contributed by atoms with Gasteiger partial charge in [0.1, 0.15) is 0 Å². The number of halogens is 2. The molecule has 1 N–H and O–H groups in total. The van der Waals surface area contributed by atoms with Crippen molar-refractivity contribution in [3.63, 3.8) is 0 Å². The molecule has 0 aromatic rings. The van der Waals surface area contributed by atoms with Crippen molar-refractivity contribution in [2.24, 2.45) is 0 Å². The van der Waals surface area contributed by atoms with E-state index in [0.717, 1.165) is 12.2 Å². The lowest BCUT2D eigenvalue weighted by Gasteiger charge is -2.15. The molecule has 15 heavy (non-hydrogen) atoms. The van der Waals surface area contributed by atoms with Crippen LogP contribution >= 0.6 is 30.8 Å². The molecule has 8 heteroatoms. The summed E-state index contributed by atoms with van der Waals surface area (Å²) < 4.78 is 27.1. The molecule has 0 aliphatic rings. The van der Waals surface area contributed by atoms with E-state index in [1.165, 1.54) is 0 Å². The minimum absolute atomic E-state index is 0.158. The molecule has 0 aliphatic carbocycles. The summed E-state index contributed by atoms with van der Waals surface area (Å²) in [4.78, 5) is 8.91. The van der Waals surface area contributed by atoms with Gasteiger partial charge in [-0.3, -0.25) is 8.77 Å². The molecule has 0 saturated carbocycles. The van der Waals surface area contributed by atoms with E-state index in [2.05, 4.69) is 4.52 Å². The Morgan fingerprint density at radius 1 is 1.73 bits per heavy atom. The zero-order chi connectivity index (χ0) is 12.1. The molecule has 0 aliphatic heterocycles. The van der Waals surface area contributed by atoms with Crippen molar-refractivity contribution in [1.29, 1.82) is 0 Å². The van der Waals surface area contributed by atoms with Crippen LogP contribution in [0.3, 0.4) is 0 Å². The molecule has 0 aromatic carbocycles. The number of rotatable bonds is 6. The van der Waals surface area contributed by atoms with Gasteiger partial charge in [0.15, 0.2) is 0 Å². The Morgan fingerprint density at radius 2 is 2.27 bits per heavy atom. The van der Waals surface area contributed by atoms with Crippen molar-refractivity contribution in [3.8, 4) is 0 Å². The fourth-order valence-corrected chi connectivity index (χ4v) is 2.81. The number of hydrogen-bond donors (Lipinski definition) is 1. The summed E-state index contributed by atoms with van der Waals surface area (Å²) in [5, 5.41) is -0.500. The van der Waals surface area contributed by atoms with Gasteiger partial charge in [0.2, 0.25) is 0 Å². The smallest absolute Gasteiger partial charge is 0.324 e. The maximum Gasteiger partial charge on any atom is 0.325 e. The fraction of sp³-hybridized carbons (Fsp3) is 0.714. The minimum Gasteiger partial charge on any atom is -0.324 e. The quantitative estimate of drug-likeness (QED) is 0.764. The maximum absolute atomic E-state index is 11.5. The fourth-order valence-electron chi connectivity index (χ4n) is 0.759. The predicted octanol–water partition coefficient (Wildman–Crippen LogP) is 2.27. The van der Waals surface area contributed by atoms with E-state index >= 15 is 0 Å². The first kappa shape index (κ1) is 15.6. The van der Waals surface area contributed by atoms with Gasteiger partial charge >= 0.3 is 7.60 Å². The van der Waals surface area contributed by atoms with Crippen LogP contribution in [-0.4, -0.2) is 33.4 Å². The summed E-state index contributed by atoms with van der Waals surface area (Å²) in [7, 11) is -4.85. The Morgan fingerprint density at radius 3 is 2.60 bits per heavy atom. The topological polar surface area (TPSA) is 63.6 Å². The third-order valence-electron chi connectivity index (χ3n) is 1.48. The van der Waals surface area contributed by atoms with Crippen molar-refractivity contribution >= 4 is 41.6 Å². The lowest BCUT2D eigenvalue weighted by Crippen LogP contribution is -2.22. The van der Waals surface area contributed by atoms with Gasteiger partial charge in [-0.05, 0) is 0 Å². The van der Waals surface area contributed by atoms with E-state index in [9.17, 15) is 8.77 Å². The molecule has 3 unspecified atom stereocenters. The predicted molar refractivity (Wildman–Crippen MR) is 64.0 cm³/mol. The average Bonchev–Trinajstić information content (AvgIpc) is 2.15. The molecule has 0 amide bonds. The van der Waals surface area contributed by atoms with Crippen LogP contribution in [0.15, 0.2) is 10.6 Å². The average molecular weight is 295 g/mol. The van der Waals surface area contributed by atoms with E-state index in [-0.39, 0.29) is 11.6 Å². The SMILES string of the molecule is CCS(=O)C(COP(C)(=O)O)C(Cl)=CCl. The maximum atomic E-state index is 11.5. The molecule has 0 rings (SSSR count). The molecule has 90 valence electrons. The molecule has 0 spiro atoms. The van der Waals surface area contributed by atoms with Crippen molar-refractivity contribution in [1.82, 2.24) is 0 Å². The van der Waals surface area contributed by atoms with Gasteiger partial charge in [0.25, 0.3) is 0 Å². The summed E-state index contributed by atoms with van der Waals surface area (Å²) in [6.45, 7) is 2.58. The van der Waals surface area contributed by atoms with Crippen LogP contribution in [0, 0.1) is 0 Å². The summed E-state index contributed by atoms with van der Waals surface area (Å²) in [5.41, 5.74) is 1.08. The molecule has 3 atom stereocenters. The van der Waals surface area contributed by atoms with Crippen LogP contribution in [0.2, 0.25) is 0 Å². The normalized spacial score (nSPS) is 20.7. The van der Waals surface area contributed by atoms with Gasteiger partial charge in [0, 0.05) is 33.8 Å². The lowest BCUT2D eigenvalue weighted by atomic mass is 10.4. The lowest BCUT2D eigenvalue weighted by molar-refractivity contribution is 0.271. The van der Waals surface area contributed by atoms with Crippen LogP contribution in [0.4, 0.5) is 0 Å². The van der Waals surface area contributed by atoms with Gasteiger partial charge in [-0.2, -0.15) is 0 Å². The van der Waals surface area contributed by atoms with Crippen molar-refractivity contribution < 1.29 is 18.2 Å². The van der Waals surface area contributed by atoms with Crippen molar-refractivity contribution in [2.75, 3.05) is 19.0 Å². The molecule has 0 bridgehead atoms. The van der Waals surface area contributed by atoms with Gasteiger partial charge in [-0.15, -0.1) is 0 Å². The van der Waals surface area contributed by atoms with Crippen LogP contribution in [-0.2, 0) is 19.9 Å². The minimum atomic E-state index is -3.58. The highest BCUT2D eigenvalue weighted by Gasteiger charge is 2.22. The van der Waals surface area contributed by atoms with Gasteiger partial charge in [-0.1, -0.05) is 30.1 Å². The summed E-state index contributed by atoms with van der Waals surface area (Å²) in [6.07, 6.45) is 0. The summed E-state index contributed by atoms with van der Waals surface area (Å²) >= 11 is 11.1. The van der Waals surface area contributed by atoms with E-state index in [0.29, 0.717) is 5.75 Å². The molecular formula is C7H13Cl2O4PS. The van der Waals surface area contributed by atoms with Gasteiger partial charge in [-0.25, -0.2) is 0 Å². The highest BCUT2D eigenvalue weighted by molar-refractivity contribution is 7.85. The second-order valence-corrected chi connectivity index (χ2v) is 7.18. The third kappa shape index (κ3) is 6.72. The molecule has 4 nitrogen and oxygen atoms in total. The second kappa shape index (κ2) is 7.05. The Bertz CT molecular complexity index is 301. The second-order valence-electron chi connectivity index (χ2n) is 2.75. The standard InChI is InChI=1S/C7H13Cl2O4PS/c1-3-15(12)7(6(9)4-8)5-13-14(2,10)11/h4,7H,3,5H2,1-2H3,(H,10,11). The summed E-state index contributed by atoms with van der Waals surface area (Å²) in [5.74, 6) is 0.369. The molecule has 0 fully saturated rings. The van der Waals surface area contributed by atoms with Gasteiger partial charge < -0.3 is 9.42 Å². The molecule has 0 heterocycles. The first-order chi connectivity index (χ1) is 6.81. The van der Waals surface area contributed by atoms with Gasteiger partial charge in [0.05, 0.1) is 11.9 Å². The van der Waals surface area contributed by atoms with Crippen LogP contribution in [0.5, 0.6) is 0 Å². The third-order valence-corrected chi connectivity index (χ3v) is 4.55. The highest BCUT2D eigenvalue weighted by Crippen LogP contribution is 2.37. The van der Waals surface area contributed by atoms with E-state index in [1.807, 2.05) is 0 Å². The Kier molecular flexibility index (Phi) is 7.34. The Balaban J connectivity index is 4.54. The zero-order valence-electron chi connectivity index (χ0n) is 8.35. The molecular weight excluding hydrogens is 282 g/mol. The molecule has 0 saturated heterocycles. The zero-order valence-corrected chi connectivity index (χ0v) is 11.6. The van der Waals surface area contributed by atoms with E-state index < -0.39 is 23.6 Å². The largest absolute Gasteiger partial charge is 0.325 e. The molecule has 0 radical (unpaired) electrons. The monoisotopic (exact) mass is 294 g/mol. The first-order valence-corrected chi connectivity index (χ1v) is 8.31. The molecule has 0 aromatic heterocycles. The van der Waals surface area contributed by atoms with Crippen LogP contribution in [0.25, 0.3) is 0 Å². The number of hydrogen-bond acceptors (Lipinski definition) is 3. The van der Waals surface area contributed by atoms with Crippen molar-refractivity contribution in [3.05, 3.63) is 10.6 Å².